The molecule has 1 fully saturated rings. The van der Waals surface area contributed by atoms with Gasteiger partial charge in [0.1, 0.15) is 24.9 Å². The van der Waals surface area contributed by atoms with Crippen molar-refractivity contribution in [2.24, 2.45) is 5.16 Å². The molecule has 16 heteroatoms. The minimum atomic E-state index is -4.95. The predicted molar refractivity (Wildman–Crippen MR) is 112 cm³/mol. The molecule has 0 bridgehead atoms. The first kappa shape index (κ1) is 27.0. The third-order valence-electron chi connectivity index (χ3n) is 3.85. The fourth-order valence-corrected chi connectivity index (χ4v) is 4.13. The number of ether oxygens (including phenoxy) is 1. The number of nitrogens with two attached hydrogens (primary N) is 1. The van der Waals surface area contributed by atoms with Gasteiger partial charge in [-0.3, -0.25) is 14.1 Å². The second kappa shape index (κ2) is 11.0. The van der Waals surface area contributed by atoms with Gasteiger partial charge in [0.15, 0.2) is 10.8 Å². The Labute approximate surface area is 203 Å². The van der Waals surface area contributed by atoms with E-state index in [0.717, 1.165) is 17.4 Å². The molecule has 1 aromatic rings. The molecule has 0 radical (unpaired) electrons. The summed E-state index contributed by atoms with van der Waals surface area (Å²) in [6.45, 7) is 2.99. The van der Waals surface area contributed by atoms with Gasteiger partial charge < -0.3 is 20.6 Å². The van der Waals surface area contributed by atoms with Crippen LogP contribution in [0.3, 0.4) is 0 Å². The fraction of sp³-hybridized carbons (Fsp3) is 0.400. The quantitative estimate of drug-likeness (QED) is 0.0738. The number of nitrogens with zero attached hydrogens (tertiary/aromatic N) is 3. The molecule has 1 aromatic heterocycles. The van der Waals surface area contributed by atoms with Gasteiger partial charge in [-0.2, -0.15) is 8.42 Å². The third-order valence-corrected chi connectivity index (χ3v) is 5.43. The zero-order valence-corrected chi connectivity index (χ0v) is 17.7. The van der Waals surface area contributed by atoms with Crippen LogP contribution in [0.15, 0.2) is 22.2 Å². The second-order valence-electron chi connectivity index (χ2n) is 5.84. The number of thiazole rings is 1. The number of nitrogen functional groups attached to an aromatic ring is 1. The van der Waals surface area contributed by atoms with Gasteiger partial charge in [-0.1, -0.05) is 5.16 Å². The van der Waals surface area contributed by atoms with Gasteiger partial charge >= 0.3 is 45.8 Å². The van der Waals surface area contributed by atoms with E-state index < -0.39 is 40.2 Å². The van der Waals surface area contributed by atoms with Crippen LogP contribution in [0, 0.1) is 0 Å². The van der Waals surface area contributed by atoms with Crippen molar-refractivity contribution in [1.29, 1.82) is 0 Å². The molecular formula is C15H20N5NaO8S2. The van der Waals surface area contributed by atoms with Crippen LogP contribution in [0.25, 0.3) is 0 Å². The fourth-order valence-electron chi connectivity index (χ4n) is 2.67. The molecule has 166 valence electrons. The number of nitrogens with one attached hydrogen (secondary N) is 1. The van der Waals surface area contributed by atoms with Crippen LogP contribution in [-0.4, -0.2) is 101 Å². The number of hydrogen-bond donors (Lipinski definition) is 3. The SMILES string of the molecule is CCOC(=O)/C=C(/C)[C@H]1[C@@H](NC(=O)/C(=N\OC)c2csc(N)n2)C(=O)N1S(=O)(=O)O.[NaH]. The molecule has 0 saturated carbocycles. The monoisotopic (exact) mass is 485 g/mol. The summed E-state index contributed by atoms with van der Waals surface area (Å²) in [6, 6.07) is -2.77. The Morgan fingerprint density at radius 3 is 2.61 bits per heavy atom. The van der Waals surface area contributed by atoms with E-state index in [2.05, 4.69) is 20.3 Å². The Bertz CT molecular complexity index is 1020. The molecule has 2 atom stereocenters. The van der Waals surface area contributed by atoms with Crippen LogP contribution < -0.4 is 11.1 Å². The third kappa shape index (κ3) is 6.24. The summed E-state index contributed by atoms with van der Waals surface area (Å²) >= 11 is 1.04. The van der Waals surface area contributed by atoms with Gasteiger partial charge in [0.05, 0.1) is 6.61 Å². The van der Waals surface area contributed by atoms with E-state index >= 15 is 0 Å². The standard InChI is InChI=1S/C15H19N5O8S2.Na.H/c1-4-28-9(21)5-7(2)12-11(14(23)20(12)30(24,25)26)18-13(22)10(19-27-3)8-6-29-15(16)17-8;;/h5-6,11-12H,4H2,1-3H3,(H2,16,17)(H,18,22)(H,24,25,26);;/b7-5-,19-10-;;/t11-,12+;;/m1../s1. The molecule has 0 unspecified atom stereocenters. The van der Waals surface area contributed by atoms with Gasteiger partial charge in [0, 0.05) is 11.5 Å². The molecule has 2 heterocycles. The maximum absolute atomic E-state index is 12.6. The van der Waals surface area contributed by atoms with E-state index in [1.54, 1.807) is 6.92 Å². The average molecular weight is 485 g/mol. The molecule has 13 nitrogen and oxygen atoms in total. The van der Waals surface area contributed by atoms with Crippen molar-refractivity contribution in [3.63, 3.8) is 0 Å². The Morgan fingerprint density at radius 1 is 1.48 bits per heavy atom. The van der Waals surface area contributed by atoms with E-state index in [-0.39, 0.29) is 62.6 Å². The first-order valence-corrected chi connectivity index (χ1v) is 10.6. The first-order chi connectivity index (χ1) is 14.0. The van der Waals surface area contributed by atoms with E-state index in [0.29, 0.717) is 0 Å². The van der Waals surface area contributed by atoms with Crippen molar-refractivity contribution < 1.29 is 36.9 Å². The van der Waals surface area contributed by atoms with E-state index in [9.17, 15) is 27.4 Å². The van der Waals surface area contributed by atoms with Gasteiger partial charge in [-0.25, -0.2) is 14.1 Å². The Hall–Kier alpha value is -2.04. The Balaban J connectivity index is 0.00000480. The number of oxime groups is 1. The number of carbonyl (C=O) groups is 3. The molecule has 0 aromatic carbocycles. The average Bonchev–Trinajstić information content (AvgIpc) is 3.06. The zero-order chi connectivity index (χ0) is 22.6. The summed E-state index contributed by atoms with van der Waals surface area (Å²) in [6.07, 6.45) is 0.962. The molecule has 1 aliphatic rings. The number of anilines is 1. The Morgan fingerprint density at radius 2 is 2.13 bits per heavy atom. The number of esters is 1. The zero-order valence-electron chi connectivity index (χ0n) is 16.1. The number of β-lactam (4-membered cyclic amide) rings is 1. The second-order valence-corrected chi connectivity index (χ2v) is 8.02. The van der Waals surface area contributed by atoms with Crippen molar-refractivity contribution in [1.82, 2.24) is 14.6 Å². The van der Waals surface area contributed by atoms with Crippen LogP contribution in [0.5, 0.6) is 0 Å². The number of aromatic nitrogens is 1. The number of rotatable bonds is 8. The van der Waals surface area contributed by atoms with E-state index in [1.165, 1.54) is 19.4 Å². The van der Waals surface area contributed by atoms with E-state index in [4.69, 9.17) is 10.5 Å². The minimum absolute atomic E-state index is 0. The van der Waals surface area contributed by atoms with Crippen LogP contribution in [-0.2, 0) is 34.3 Å². The summed E-state index contributed by atoms with van der Waals surface area (Å²) in [4.78, 5) is 45.2. The molecule has 2 amide bonds. The van der Waals surface area contributed by atoms with Crippen LogP contribution >= 0.6 is 11.3 Å². The topological polar surface area (TPSA) is 191 Å². The molecule has 0 aliphatic carbocycles. The summed E-state index contributed by atoms with van der Waals surface area (Å²) < 4.78 is 37.4. The molecule has 1 saturated heterocycles. The molecular weight excluding hydrogens is 465 g/mol. The molecule has 31 heavy (non-hydrogen) atoms. The molecule has 2 rings (SSSR count). The number of hydrogen-bond acceptors (Lipinski definition) is 11. The van der Waals surface area contributed by atoms with Crippen molar-refractivity contribution in [3.8, 4) is 0 Å². The summed E-state index contributed by atoms with van der Waals surface area (Å²) in [7, 11) is -3.76. The number of carbonyl (C=O) groups excluding carboxylic acids is 3. The van der Waals surface area contributed by atoms with Crippen molar-refractivity contribution in [3.05, 3.63) is 22.7 Å². The summed E-state index contributed by atoms with van der Waals surface area (Å²) in [5.41, 5.74) is 5.36. The maximum atomic E-state index is 12.6. The van der Waals surface area contributed by atoms with Gasteiger partial charge in [-0.15, -0.1) is 11.3 Å². The number of amides is 2. The van der Waals surface area contributed by atoms with Crippen molar-refractivity contribution >= 4 is 79.8 Å². The van der Waals surface area contributed by atoms with Gasteiger partial charge in [0.25, 0.3) is 11.8 Å². The summed E-state index contributed by atoms with van der Waals surface area (Å²) in [5.74, 6) is -2.80. The predicted octanol–water partition coefficient (Wildman–Crippen LogP) is -1.56. The van der Waals surface area contributed by atoms with Gasteiger partial charge in [-0.05, 0) is 19.4 Å². The Kier molecular flexibility index (Phi) is 9.59. The first-order valence-electron chi connectivity index (χ1n) is 8.30. The van der Waals surface area contributed by atoms with Crippen LogP contribution in [0.1, 0.15) is 19.5 Å². The molecule has 0 spiro atoms. The molecule has 4 N–H and O–H groups in total. The van der Waals surface area contributed by atoms with Crippen molar-refractivity contribution in [2.75, 3.05) is 19.5 Å². The van der Waals surface area contributed by atoms with E-state index in [1.807, 2.05) is 0 Å². The molecule has 1 aliphatic heterocycles. The summed E-state index contributed by atoms with van der Waals surface area (Å²) in [5, 5.41) is 7.47. The van der Waals surface area contributed by atoms with Gasteiger partial charge in [0.2, 0.25) is 0 Å². The van der Waals surface area contributed by atoms with Crippen molar-refractivity contribution in [2.45, 2.75) is 25.9 Å². The van der Waals surface area contributed by atoms with Crippen LogP contribution in [0.2, 0.25) is 0 Å². The van der Waals surface area contributed by atoms with Crippen LogP contribution in [0.4, 0.5) is 5.13 Å². The normalized spacial score (nSPS) is 19.2.